The third-order valence-corrected chi connectivity index (χ3v) is 6.69. The molecule has 0 bridgehead atoms. The molecule has 28 heavy (non-hydrogen) atoms. The van der Waals surface area contributed by atoms with Crippen molar-refractivity contribution < 1.29 is 14.3 Å². The van der Waals surface area contributed by atoms with Gasteiger partial charge >= 0.3 is 0 Å². The topological polar surface area (TPSA) is 70.4 Å². The standard InChI is InChI=1S/C20H22N2O4S2/c1-6-22-19(24)17-11(2)12(3)28-18(17)21-20(22)27-10-15(23)14-8-7-13(25-4)9-16(14)26-5/h7-9H,6,10H2,1-5H3. The highest BCUT2D eigenvalue weighted by Crippen LogP contribution is 2.30. The van der Waals surface area contributed by atoms with Crippen LogP contribution in [0.25, 0.3) is 10.2 Å². The Morgan fingerprint density at radius 2 is 2.00 bits per heavy atom. The van der Waals surface area contributed by atoms with E-state index in [0.717, 1.165) is 15.3 Å². The number of fused-ring (bicyclic) bond motifs is 1. The molecule has 3 aromatic rings. The van der Waals surface area contributed by atoms with Gasteiger partial charge in [0, 0.05) is 17.5 Å². The molecule has 0 saturated heterocycles. The Kier molecular flexibility index (Phi) is 6.10. The number of carbonyl (C=O) groups excluding carboxylic acids is 1. The maximum atomic E-state index is 12.9. The number of carbonyl (C=O) groups is 1. The van der Waals surface area contributed by atoms with Gasteiger partial charge in [0.25, 0.3) is 5.56 Å². The van der Waals surface area contributed by atoms with E-state index in [-0.39, 0.29) is 17.1 Å². The molecule has 0 fully saturated rings. The first-order valence-corrected chi connectivity index (χ1v) is 10.6. The maximum absolute atomic E-state index is 12.9. The monoisotopic (exact) mass is 418 g/mol. The smallest absolute Gasteiger partial charge is 0.263 e. The molecule has 0 aliphatic carbocycles. The molecule has 3 rings (SSSR count). The van der Waals surface area contributed by atoms with Crippen LogP contribution in [0.4, 0.5) is 0 Å². The van der Waals surface area contributed by atoms with Crippen molar-refractivity contribution >= 4 is 39.1 Å². The Morgan fingerprint density at radius 1 is 1.25 bits per heavy atom. The normalized spacial score (nSPS) is 11.0. The zero-order valence-corrected chi connectivity index (χ0v) is 18.1. The zero-order valence-electron chi connectivity index (χ0n) is 16.5. The molecule has 0 atom stereocenters. The van der Waals surface area contributed by atoms with Gasteiger partial charge in [-0.1, -0.05) is 11.8 Å². The van der Waals surface area contributed by atoms with Crippen molar-refractivity contribution in [3.05, 3.63) is 44.6 Å². The summed E-state index contributed by atoms with van der Waals surface area (Å²) >= 11 is 2.78. The van der Waals surface area contributed by atoms with E-state index in [2.05, 4.69) is 4.98 Å². The molecular weight excluding hydrogens is 396 g/mol. The van der Waals surface area contributed by atoms with E-state index in [4.69, 9.17) is 9.47 Å². The van der Waals surface area contributed by atoms with E-state index in [1.807, 2.05) is 20.8 Å². The molecule has 0 unspecified atom stereocenters. The number of methoxy groups -OCH3 is 2. The van der Waals surface area contributed by atoms with E-state index in [0.29, 0.717) is 34.1 Å². The number of hydrogen-bond donors (Lipinski definition) is 0. The number of hydrogen-bond acceptors (Lipinski definition) is 7. The van der Waals surface area contributed by atoms with Gasteiger partial charge in [-0.25, -0.2) is 4.98 Å². The number of nitrogens with zero attached hydrogens (tertiary/aromatic N) is 2. The quantitative estimate of drug-likeness (QED) is 0.327. The lowest BCUT2D eigenvalue weighted by Gasteiger charge is -2.11. The molecule has 0 aliphatic heterocycles. The van der Waals surface area contributed by atoms with Crippen LogP contribution in [0.15, 0.2) is 28.2 Å². The van der Waals surface area contributed by atoms with Crippen molar-refractivity contribution in [3.8, 4) is 11.5 Å². The lowest BCUT2D eigenvalue weighted by atomic mass is 10.1. The molecule has 0 spiro atoms. The van der Waals surface area contributed by atoms with Crippen LogP contribution in [0.1, 0.15) is 27.7 Å². The molecule has 2 aromatic heterocycles. The largest absolute Gasteiger partial charge is 0.497 e. The fourth-order valence-corrected chi connectivity index (χ4v) is 4.95. The summed E-state index contributed by atoms with van der Waals surface area (Å²) in [6.45, 7) is 6.34. The van der Waals surface area contributed by atoms with Gasteiger partial charge in [-0.3, -0.25) is 14.2 Å². The van der Waals surface area contributed by atoms with Crippen LogP contribution in [0.3, 0.4) is 0 Å². The SMILES string of the molecule is CCn1c(SCC(=O)c2ccc(OC)cc2OC)nc2sc(C)c(C)c2c1=O. The molecule has 8 heteroatoms. The van der Waals surface area contributed by atoms with Gasteiger partial charge < -0.3 is 9.47 Å². The molecule has 148 valence electrons. The first-order chi connectivity index (χ1) is 13.4. The molecule has 0 radical (unpaired) electrons. The number of benzene rings is 1. The summed E-state index contributed by atoms with van der Waals surface area (Å²) in [6.07, 6.45) is 0. The van der Waals surface area contributed by atoms with E-state index >= 15 is 0 Å². The summed E-state index contributed by atoms with van der Waals surface area (Å²) < 4.78 is 12.1. The molecule has 2 heterocycles. The highest BCUT2D eigenvalue weighted by Gasteiger charge is 2.19. The second-order valence-corrected chi connectivity index (χ2v) is 8.33. The summed E-state index contributed by atoms with van der Waals surface area (Å²) in [5, 5.41) is 1.24. The highest BCUT2D eigenvalue weighted by atomic mass is 32.2. The van der Waals surface area contributed by atoms with Gasteiger partial charge in [0.05, 0.1) is 30.9 Å². The van der Waals surface area contributed by atoms with Gasteiger partial charge in [-0.2, -0.15) is 0 Å². The second-order valence-electron chi connectivity index (χ2n) is 6.19. The van der Waals surface area contributed by atoms with Crippen molar-refractivity contribution in [3.63, 3.8) is 0 Å². The number of thioether (sulfide) groups is 1. The first kappa shape index (κ1) is 20.4. The Hall–Kier alpha value is -2.32. The number of ether oxygens (including phenoxy) is 2. The van der Waals surface area contributed by atoms with Crippen LogP contribution >= 0.6 is 23.1 Å². The lowest BCUT2D eigenvalue weighted by molar-refractivity contribution is 0.101. The molecule has 1 aromatic carbocycles. The van der Waals surface area contributed by atoms with Crippen molar-refractivity contribution in [1.29, 1.82) is 0 Å². The number of ketones is 1. The highest BCUT2D eigenvalue weighted by molar-refractivity contribution is 7.99. The third kappa shape index (κ3) is 3.66. The van der Waals surface area contributed by atoms with Crippen LogP contribution in [0.2, 0.25) is 0 Å². The molecule has 6 nitrogen and oxygen atoms in total. The summed E-state index contributed by atoms with van der Waals surface area (Å²) in [4.78, 5) is 32.1. The molecule has 0 aliphatic rings. The van der Waals surface area contributed by atoms with Crippen LogP contribution in [0.5, 0.6) is 11.5 Å². The number of Topliss-reactive ketones (excluding diaryl/α,β-unsaturated/α-hetero) is 1. The van der Waals surface area contributed by atoms with Gasteiger partial charge in [-0.05, 0) is 38.5 Å². The van der Waals surface area contributed by atoms with Gasteiger partial charge in [-0.15, -0.1) is 11.3 Å². The number of aromatic nitrogens is 2. The minimum Gasteiger partial charge on any atom is -0.497 e. The summed E-state index contributed by atoms with van der Waals surface area (Å²) in [6, 6.07) is 5.10. The fourth-order valence-electron chi connectivity index (χ4n) is 2.93. The lowest BCUT2D eigenvalue weighted by Crippen LogP contribution is -2.22. The average molecular weight is 419 g/mol. The van der Waals surface area contributed by atoms with Gasteiger partial charge in [0.1, 0.15) is 16.3 Å². The minimum atomic E-state index is -0.0972. The fraction of sp³-hybridized carbons (Fsp3) is 0.350. The molecule has 0 saturated carbocycles. The van der Waals surface area contributed by atoms with Crippen molar-refractivity contribution in [2.24, 2.45) is 0 Å². The number of aryl methyl sites for hydroxylation is 2. The number of rotatable bonds is 7. The molecule has 0 amide bonds. The van der Waals surface area contributed by atoms with Crippen molar-refractivity contribution in [2.75, 3.05) is 20.0 Å². The van der Waals surface area contributed by atoms with E-state index in [1.165, 1.54) is 30.2 Å². The van der Waals surface area contributed by atoms with Crippen LogP contribution in [0, 0.1) is 13.8 Å². The van der Waals surface area contributed by atoms with Gasteiger partial charge in [0.15, 0.2) is 10.9 Å². The molecular formula is C20H22N2O4S2. The van der Waals surface area contributed by atoms with E-state index in [1.54, 1.807) is 29.9 Å². The van der Waals surface area contributed by atoms with Crippen LogP contribution < -0.4 is 15.0 Å². The maximum Gasteiger partial charge on any atom is 0.263 e. The average Bonchev–Trinajstić information content (AvgIpc) is 2.99. The third-order valence-electron chi connectivity index (χ3n) is 4.61. The Bertz CT molecular complexity index is 1100. The first-order valence-electron chi connectivity index (χ1n) is 8.79. The van der Waals surface area contributed by atoms with Crippen molar-refractivity contribution in [1.82, 2.24) is 9.55 Å². The molecule has 0 N–H and O–H groups in total. The van der Waals surface area contributed by atoms with E-state index in [9.17, 15) is 9.59 Å². The summed E-state index contributed by atoms with van der Waals surface area (Å²) in [5.41, 5.74) is 1.41. The Labute approximate surface area is 171 Å². The predicted molar refractivity (Wildman–Crippen MR) is 114 cm³/mol. The van der Waals surface area contributed by atoms with Crippen LogP contribution in [-0.4, -0.2) is 35.3 Å². The van der Waals surface area contributed by atoms with Gasteiger partial charge in [0.2, 0.25) is 0 Å². The second kappa shape index (κ2) is 8.36. The summed E-state index contributed by atoms with van der Waals surface area (Å²) in [5.74, 6) is 1.14. The number of thiophene rings is 1. The summed E-state index contributed by atoms with van der Waals surface area (Å²) in [7, 11) is 3.08. The van der Waals surface area contributed by atoms with Crippen LogP contribution in [-0.2, 0) is 6.54 Å². The Balaban J connectivity index is 1.91. The minimum absolute atomic E-state index is 0.0497. The zero-order chi connectivity index (χ0) is 20.4. The van der Waals surface area contributed by atoms with Crippen molar-refractivity contribution in [2.45, 2.75) is 32.5 Å². The van der Waals surface area contributed by atoms with E-state index < -0.39 is 0 Å². The predicted octanol–water partition coefficient (Wildman–Crippen LogP) is 4.09. The Morgan fingerprint density at radius 3 is 2.64 bits per heavy atom.